The summed E-state index contributed by atoms with van der Waals surface area (Å²) in [4.78, 5) is 2.35. The minimum atomic E-state index is -3.71. The van der Waals surface area contributed by atoms with Gasteiger partial charge in [0.15, 0.2) is 0 Å². The monoisotopic (exact) mass is 376 g/mol. The Morgan fingerprint density at radius 3 is 2.73 bits per heavy atom. The Morgan fingerprint density at radius 2 is 2.04 bits per heavy atom. The standard InChI is InChI=1S/C19H24N2O4S/c1-13-10-16(25-3)5-7-19(13)26(23,24)20-12-18(22)15-4-6-17-14(11-15)8-9-21(17)2/h4-7,10-11,18,20,22H,8-9,12H2,1-3H3/t18-/m1/s1. The van der Waals surface area contributed by atoms with Crippen molar-refractivity contribution < 1.29 is 18.3 Å². The fraction of sp³-hybridized carbons (Fsp3) is 0.368. The average Bonchev–Trinajstić information content (AvgIpc) is 2.99. The summed E-state index contributed by atoms with van der Waals surface area (Å²) in [7, 11) is -0.144. The van der Waals surface area contributed by atoms with Crippen LogP contribution in [0.1, 0.15) is 22.8 Å². The number of hydrogen-bond acceptors (Lipinski definition) is 5. The van der Waals surface area contributed by atoms with E-state index in [4.69, 9.17) is 4.74 Å². The Labute approximate surface area is 154 Å². The van der Waals surface area contributed by atoms with Crippen molar-refractivity contribution in [2.75, 3.05) is 32.1 Å². The molecule has 1 atom stereocenters. The summed E-state index contributed by atoms with van der Waals surface area (Å²) in [6.07, 6.45) is 0.0305. The molecule has 0 spiro atoms. The van der Waals surface area contributed by atoms with Gasteiger partial charge >= 0.3 is 0 Å². The van der Waals surface area contributed by atoms with Gasteiger partial charge in [0, 0.05) is 25.8 Å². The van der Waals surface area contributed by atoms with Crippen LogP contribution in [0, 0.1) is 6.92 Å². The lowest BCUT2D eigenvalue weighted by atomic mass is 10.0. The molecule has 0 saturated heterocycles. The maximum absolute atomic E-state index is 12.5. The second-order valence-corrected chi connectivity index (χ2v) is 8.29. The van der Waals surface area contributed by atoms with Crippen LogP contribution < -0.4 is 14.4 Å². The maximum atomic E-state index is 12.5. The summed E-state index contributed by atoms with van der Waals surface area (Å²) in [6, 6.07) is 10.6. The molecule has 0 saturated carbocycles. The Morgan fingerprint density at radius 1 is 1.27 bits per heavy atom. The Hall–Kier alpha value is -2.09. The number of nitrogens with one attached hydrogen (secondary N) is 1. The molecule has 140 valence electrons. The van der Waals surface area contributed by atoms with Gasteiger partial charge in [-0.15, -0.1) is 0 Å². The molecule has 0 amide bonds. The number of likely N-dealkylation sites (N-methyl/N-ethyl adjacent to an activating group) is 1. The largest absolute Gasteiger partial charge is 0.497 e. The Balaban J connectivity index is 1.72. The summed E-state index contributed by atoms with van der Waals surface area (Å²) in [5.74, 6) is 0.601. The highest BCUT2D eigenvalue weighted by molar-refractivity contribution is 7.89. The number of anilines is 1. The normalized spacial score (nSPS) is 15.0. The number of sulfonamides is 1. The van der Waals surface area contributed by atoms with Crippen molar-refractivity contribution in [1.82, 2.24) is 4.72 Å². The average molecular weight is 376 g/mol. The molecular weight excluding hydrogens is 352 g/mol. The quantitative estimate of drug-likeness (QED) is 0.806. The van der Waals surface area contributed by atoms with E-state index in [2.05, 4.69) is 9.62 Å². The molecule has 26 heavy (non-hydrogen) atoms. The smallest absolute Gasteiger partial charge is 0.240 e. The number of nitrogens with zero attached hydrogens (tertiary/aromatic N) is 1. The number of hydrogen-bond donors (Lipinski definition) is 2. The van der Waals surface area contributed by atoms with Gasteiger partial charge in [0.25, 0.3) is 0 Å². The molecule has 6 nitrogen and oxygen atoms in total. The van der Waals surface area contributed by atoms with E-state index in [1.54, 1.807) is 19.1 Å². The highest BCUT2D eigenvalue weighted by atomic mass is 32.2. The molecule has 0 fully saturated rings. The van der Waals surface area contributed by atoms with E-state index < -0.39 is 16.1 Å². The second kappa shape index (κ2) is 7.26. The van der Waals surface area contributed by atoms with Gasteiger partial charge in [0.05, 0.1) is 18.1 Å². The summed E-state index contributed by atoms with van der Waals surface area (Å²) in [5, 5.41) is 10.4. The predicted octanol–water partition coefficient (Wildman–Crippen LogP) is 2.01. The number of rotatable bonds is 6. The third-order valence-electron chi connectivity index (χ3n) is 4.75. The molecule has 0 unspecified atom stereocenters. The van der Waals surface area contributed by atoms with Gasteiger partial charge in [-0.05, 0) is 54.3 Å². The number of aliphatic hydroxyl groups is 1. The van der Waals surface area contributed by atoms with Crippen molar-refractivity contribution in [3.8, 4) is 5.75 Å². The molecule has 2 N–H and O–H groups in total. The van der Waals surface area contributed by atoms with Gasteiger partial charge < -0.3 is 14.7 Å². The van der Waals surface area contributed by atoms with Gasteiger partial charge in [-0.2, -0.15) is 0 Å². The van der Waals surface area contributed by atoms with Gasteiger partial charge in [0.1, 0.15) is 5.75 Å². The molecule has 0 aromatic heterocycles. The third-order valence-corrected chi connectivity index (χ3v) is 6.34. The Bertz CT molecular complexity index is 912. The number of methoxy groups -OCH3 is 1. The van der Waals surface area contributed by atoms with Crippen molar-refractivity contribution in [2.45, 2.75) is 24.3 Å². The van der Waals surface area contributed by atoms with Crippen LogP contribution >= 0.6 is 0 Å². The van der Waals surface area contributed by atoms with Crippen LogP contribution in [0.25, 0.3) is 0 Å². The summed E-state index contributed by atoms with van der Waals surface area (Å²) < 4.78 is 32.7. The van der Waals surface area contributed by atoms with Crippen molar-refractivity contribution in [2.24, 2.45) is 0 Å². The van der Waals surface area contributed by atoms with Gasteiger partial charge in [-0.3, -0.25) is 0 Å². The second-order valence-electron chi connectivity index (χ2n) is 6.56. The van der Waals surface area contributed by atoms with Gasteiger partial charge in [-0.1, -0.05) is 12.1 Å². The zero-order chi connectivity index (χ0) is 18.9. The van der Waals surface area contributed by atoms with E-state index in [1.165, 1.54) is 18.7 Å². The first-order valence-corrected chi connectivity index (χ1v) is 9.96. The predicted molar refractivity (Wildman–Crippen MR) is 101 cm³/mol. The molecule has 0 radical (unpaired) electrons. The molecular formula is C19H24N2O4S. The number of benzene rings is 2. The highest BCUT2D eigenvalue weighted by Gasteiger charge is 2.21. The van der Waals surface area contributed by atoms with Crippen LogP contribution in [0.2, 0.25) is 0 Å². The lowest BCUT2D eigenvalue weighted by Gasteiger charge is -2.16. The number of fused-ring (bicyclic) bond motifs is 1. The maximum Gasteiger partial charge on any atom is 0.240 e. The van der Waals surface area contributed by atoms with Crippen LogP contribution in [0.4, 0.5) is 5.69 Å². The summed E-state index contributed by atoms with van der Waals surface area (Å²) in [6.45, 7) is 2.59. The fourth-order valence-corrected chi connectivity index (χ4v) is 4.49. The van der Waals surface area contributed by atoms with Crippen molar-refractivity contribution >= 4 is 15.7 Å². The van der Waals surface area contributed by atoms with Crippen molar-refractivity contribution in [3.05, 3.63) is 53.1 Å². The minimum absolute atomic E-state index is 0.0809. The summed E-state index contributed by atoms with van der Waals surface area (Å²) in [5.41, 5.74) is 3.65. The molecule has 2 aromatic carbocycles. The topological polar surface area (TPSA) is 78.9 Å². The first-order chi connectivity index (χ1) is 12.3. The van der Waals surface area contributed by atoms with Crippen molar-refractivity contribution in [3.63, 3.8) is 0 Å². The zero-order valence-corrected chi connectivity index (χ0v) is 16.0. The van der Waals surface area contributed by atoms with E-state index in [1.807, 2.05) is 25.2 Å². The van der Waals surface area contributed by atoms with E-state index in [0.717, 1.165) is 18.7 Å². The number of ether oxygens (including phenoxy) is 1. The molecule has 0 aliphatic carbocycles. The fourth-order valence-electron chi connectivity index (χ4n) is 3.23. The molecule has 2 aromatic rings. The molecule has 1 aliphatic rings. The van der Waals surface area contributed by atoms with Crippen LogP contribution in [0.5, 0.6) is 5.75 Å². The molecule has 0 bridgehead atoms. The molecule has 1 heterocycles. The van der Waals surface area contributed by atoms with Crippen molar-refractivity contribution in [1.29, 1.82) is 0 Å². The Kier molecular flexibility index (Phi) is 5.22. The van der Waals surface area contributed by atoms with E-state index in [9.17, 15) is 13.5 Å². The molecule has 1 aliphatic heterocycles. The van der Waals surface area contributed by atoms with Crippen LogP contribution in [-0.2, 0) is 16.4 Å². The van der Waals surface area contributed by atoms with E-state index in [-0.39, 0.29) is 11.4 Å². The third kappa shape index (κ3) is 3.70. The number of aryl methyl sites for hydroxylation is 1. The van der Waals surface area contributed by atoms with Gasteiger partial charge in [0.2, 0.25) is 10.0 Å². The zero-order valence-electron chi connectivity index (χ0n) is 15.2. The highest BCUT2D eigenvalue weighted by Crippen LogP contribution is 2.29. The van der Waals surface area contributed by atoms with Gasteiger partial charge in [-0.25, -0.2) is 13.1 Å². The summed E-state index contributed by atoms with van der Waals surface area (Å²) >= 11 is 0. The number of aliphatic hydroxyl groups excluding tert-OH is 1. The van der Waals surface area contributed by atoms with E-state index in [0.29, 0.717) is 16.9 Å². The molecule has 7 heteroatoms. The first-order valence-electron chi connectivity index (χ1n) is 8.48. The minimum Gasteiger partial charge on any atom is -0.497 e. The molecule has 3 rings (SSSR count). The lowest BCUT2D eigenvalue weighted by Crippen LogP contribution is -2.29. The van der Waals surface area contributed by atoms with Crippen LogP contribution in [-0.4, -0.2) is 40.8 Å². The van der Waals surface area contributed by atoms with Crippen LogP contribution in [0.15, 0.2) is 41.3 Å². The van der Waals surface area contributed by atoms with E-state index >= 15 is 0 Å². The first kappa shape index (κ1) is 18.7. The lowest BCUT2D eigenvalue weighted by molar-refractivity contribution is 0.182. The van der Waals surface area contributed by atoms with Crippen LogP contribution in [0.3, 0.4) is 0 Å². The SMILES string of the molecule is COc1ccc(S(=O)(=O)NC[C@@H](O)c2ccc3c(c2)CCN3C)c(C)c1.